The highest BCUT2D eigenvalue weighted by Crippen LogP contribution is 2.41. The van der Waals surface area contributed by atoms with E-state index in [0.717, 1.165) is 21.6 Å². The number of thiophene rings is 1. The maximum atomic E-state index is 14.3. The fraction of sp³-hybridized carbons (Fsp3) is 0.163. The van der Waals surface area contributed by atoms with Crippen molar-refractivity contribution in [1.82, 2.24) is 10.2 Å². The summed E-state index contributed by atoms with van der Waals surface area (Å²) >= 11 is 2.55. The van der Waals surface area contributed by atoms with Crippen LogP contribution in [0.2, 0.25) is 0 Å². The quantitative estimate of drug-likeness (QED) is 0.0527. The summed E-state index contributed by atoms with van der Waals surface area (Å²) in [7, 11) is 0. The number of nitrogens with one attached hydrogen (secondary N) is 3. The lowest BCUT2D eigenvalue weighted by Crippen LogP contribution is -2.34. The number of amides is 4. The van der Waals surface area contributed by atoms with E-state index in [-0.39, 0.29) is 24.1 Å². The first-order valence-electron chi connectivity index (χ1n) is 20.0. The summed E-state index contributed by atoms with van der Waals surface area (Å²) in [6, 6.07) is 42.0. The third kappa shape index (κ3) is 11.0. The van der Waals surface area contributed by atoms with Gasteiger partial charge in [0.1, 0.15) is 28.3 Å². The zero-order valence-electron chi connectivity index (χ0n) is 34.1. The van der Waals surface area contributed by atoms with Gasteiger partial charge in [0.15, 0.2) is 0 Å². The van der Waals surface area contributed by atoms with Crippen molar-refractivity contribution in [2.75, 3.05) is 23.8 Å². The average Bonchev–Trinajstić information content (AvgIpc) is 3.66. The molecule has 13 heteroatoms. The Morgan fingerprint density at radius 3 is 2.21 bits per heavy atom. The van der Waals surface area contributed by atoms with Gasteiger partial charge in [-0.25, -0.2) is 4.79 Å². The van der Waals surface area contributed by atoms with Gasteiger partial charge in [0.25, 0.3) is 11.8 Å². The highest BCUT2D eigenvalue weighted by molar-refractivity contribution is 8.00. The lowest BCUT2D eigenvalue weighted by molar-refractivity contribution is -0.129. The number of fused-ring (bicyclic) bond motifs is 1. The maximum Gasteiger partial charge on any atom is 0.341 e. The van der Waals surface area contributed by atoms with E-state index in [1.54, 1.807) is 90.7 Å². The summed E-state index contributed by atoms with van der Waals surface area (Å²) < 4.78 is 11.4. The lowest BCUT2D eigenvalue weighted by atomic mass is 10.0. The second kappa shape index (κ2) is 20.5. The van der Waals surface area contributed by atoms with E-state index in [0.29, 0.717) is 64.1 Å². The molecule has 11 nitrogen and oxygen atoms in total. The van der Waals surface area contributed by atoms with E-state index in [1.807, 2.05) is 66.7 Å². The second-order valence-corrected chi connectivity index (χ2v) is 16.5. The molecule has 7 rings (SSSR count). The molecule has 0 bridgehead atoms. The molecule has 1 aliphatic rings. The fourth-order valence-electron chi connectivity index (χ4n) is 6.75. The third-order valence-electron chi connectivity index (χ3n) is 9.87. The van der Waals surface area contributed by atoms with Crippen LogP contribution in [0.4, 0.5) is 10.7 Å². The van der Waals surface area contributed by atoms with Gasteiger partial charge in [-0.2, -0.15) is 0 Å². The van der Waals surface area contributed by atoms with Crippen LogP contribution < -0.4 is 20.7 Å². The zero-order valence-corrected chi connectivity index (χ0v) is 35.7. The van der Waals surface area contributed by atoms with Crippen molar-refractivity contribution in [3.8, 4) is 5.75 Å². The van der Waals surface area contributed by atoms with Crippen LogP contribution in [-0.2, 0) is 38.7 Å². The van der Waals surface area contributed by atoms with Gasteiger partial charge in [-0.05, 0) is 84.1 Å². The Balaban J connectivity index is 1.11. The molecule has 1 atom stereocenters. The molecule has 0 saturated carbocycles. The predicted molar refractivity (Wildman–Crippen MR) is 243 cm³/mol. The van der Waals surface area contributed by atoms with Crippen LogP contribution in [0, 0.1) is 0 Å². The number of ether oxygens (including phenoxy) is 2. The van der Waals surface area contributed by atoms with Gasteiger partial charge in [-0.15, -0.1) is 23.1 Å². The maximum absolute atomic E-state index is 14.3. The number of anilines is 2. The van der Waals surface area contributed by atoms with Crippen molar-refractivity contribution in [3.05, 3.63) is 183 Å². The largest absolute Gasteiger partial charge is 0.489 e. The number of carbonyl (C=O) groups is 5. The van der Waals surface area contributed by atoms with Crippen LogP contribution in [0.5, 0.6) is 5.75 Å². The SMILES string of the molecule is CCOC(=O)c1c(NC(=O)C(Sc2cccc(NC(=O)/C(=C/c3ccc(OCc4ccccc4)cc3)NC(=O)c3ccccc3)c2)c2ccccc2)sc2c1CCN(C(C)=O)C2. The minimum Gasteiger partial charge on any atom is -0.489 e. The molecule has 1 aliphatic heterocycles. The lowest BCUT2D eigenvalue weighted by Gasteiger charge is -2.25. The van der Waals surface area contributed by atoms with Gasteiger partial charge in [0, 0.05) is 34.5 Å². The van der Waals surface area contributed by atoms with E-state index >= 15 is 0 Å². The molecular weight excluding hydrogens is 821 g/mol. The van der Waals surface area contributed by atoms with Crippen LogP contribution in [0.3, 0.4) is 0 Å². The number of nitrogens with zero attached hydrogens (tertiary/aromatic N) is 1. The number of thioether (sulfide) groups is 1. The molecular formula is C49H44N4O7S2. The summed E-state index contributed by atoms with van der Waals surface area (Å²) in [4.78, 5) is 70.4. The molecule has 1 unspecified atom stereocenters. The second-order valence-electron chi connectivity index (χ2n) is 14.2. The van der Waals surface area contributed by atoms with Crippen LogP contribution in [-0.4, -0.2) is 47.6 Å². The van der Waals surface area contributed by atoms with Crippen molar-refractivity contribution >= 4 is 69.5 Å². The minimum absolute atomic E-state index is 0.0128. The molecule has 3 N–H and O–H groups in total. The Morgan fingerprint density at radius 2 is 1.52 bits per heavy atom. The summed E-state index contributed by atoms with van der Waals surface area (Å²) in [5.41, 5.74) is 4.34. The van der Waals surface area contributed by atoms with Gasteiger partial charge >= 0.3 is 5.97 Å². The molecule has 62 heavy (non-hydrogen) atoms. The first-order chi connectivity index (χ1) is 30.1. The van der Waals surface area contributed by atoms with Crippen LogP contribution in [0.1, 0.15) is 66.9 Å². The number of rotatable bonds is 15. The fourth-order valence-corrected chi connectivity index (χ4v) is 9.09. The third-order valence-corrected chi connectivity index (χ3v) is 12.3. The molecule has 1 aromatic heterocycles. The number of hydrogen-bond donors (Lipinski definition) is 3. The Bertz CT molecular complexity index is 2580. The van der Waals surface area contributed by atoms with Crippen LogP contribution in [0.15, 0.2) is 150 Å². The summed E-state index contributed by atoms with van der Waals surface area (Å²) in [5.74, 6) is -1.32. The molecule has 6 aromatic rings. The molecule has 0 radical (unpaired) electrons. The number of esters is 1. The molecule has 5 aromatic carbocycles. The first-order valence-corrected chi connectivity index (χ1v) is 21.7. The van der Waals surface area contributed by atoms with Crippen LogP contribution in [0.25, 0.3) is 6.08 Å². The Morgan fingerprint density at radius 1 is 0.823 bits per heavy atom. The van der Waals surface area contributed by atoms with E-state index in [2.05, 4.69) is 16.0 Å². The average molecular weight is 865 g/mol. The highest BCUT2D eigenvalue weighted by atomic mass is 32.2. The molecule has 0 spiro atoms. The van der Waals surface area contributed by atoms with Crippen molar-refractivity contribution in [1.29, 1.82) is 0 Å². The van der Waals surface area contributed by atoms with Gasteiger partial charge in [-0.1, -0.05) is 97.1 Å². The first kappa shape index (κ1) is 43.1. The standard InChI is InChI=1S/C49H44N4O7S2/c1-3-59-49(58)43-40-26-27-53(32(2)54)30-42(40)62-48(43)52-47(57)44(35-16-9-5-10-17-35)61-39-21-13-20-37(29-39)50-46(56)41(51-45(55)36-18-11-6-12-19-36)28-33-22-24-38(25-23-33)60-31-34-14-7-4-8-15-34/h4-25,28-29,44H,3,26-27,30-31H2,1-2H3,(H,50,56)(H,51,55)(H,52,57)/b41-28-. The molecule has 314 valence electrons. The summed E-state index contributed by atoms with van der Waals surface area (Å²) in [6.45, 7) is 4.62. The van der Waals surface area contributed by atoms with Crippen molar-refractivity contribution in [2.45, 2.75) is 43.6 Å². The van der Waals surface area contributed by atoms with Crippen LogP contribution >= 0.6 is 23.1 Å². The Labute approximate surface area is 368 Å². The summed E-state index contributed by atoms with van der Waals surface area (Å²) in [6.07, 6.45) is 2.06. The molecule has 0 aliphatic carbocycles. The van der Waals surface area contributed by atoms with Crippen molar-refractivity contribution in [3.63, 3.8) is 0 Å². The van der Waals surface area contributed by atoms with Crippen molar-refractivity contribution in [2.24, 2.45) is 0 Å². The predicted octanol–water partition coefficient (Wildman–Crippen LogP) is 9.29. The molecule has 0 saturated heterocycles. The summed E-state index contributed by atoms with van der Waals surface area (Å²) in [5, 5.41) is 8.34. The van der Waals surface area contributed by atoms with E-state index in [9.17, 15) is 24.0 Å². The Kier molecular flexibility index (Phi) is 14.3. The van der Waals surface area contributed by atoms with E-state index in [1.165, 1.54) is 30.0 Å². The number of hydrogen-bond acceptors (Lipinski definition) is 9. The smallest absolute Gasteiger partial charge is 0.341 e. The van der Waals surface area contributed by atoms with Gasteiger partial charge in [0.2, 0.25) is 11.8 Å². The number of benzene rings is 5. The van der Waals surface area contributed by atoms with E-state index < -0.39 is 23.0 Å². The van der Waals surface area contributed by atoms with Gasteiger partial charge in [-0.3, -0.25) is 19.2 Å². The monoisotopic (exact) mass is 864 g/mol. The molecule has 2 heterocycles. The van der Waals surface area contributed by atoms with E-state index in [4.69, 9.17) is 9.47 Å². The van der Waals surface area contributed by atoms with Gasteiger partial charge in [0.05, 0.1) is 18.7 Å². The van der Waals surface area contributed by atoms with Gasteiger partial charge < -0.3 is 30.3 Å². The normalized spacial score (nSPS) is 12.7. The molecule has 0 fully saturated rings. The minimum atomic E-state index is -0.773. The topological polar surface area (TPSA) is 143 Å². The number of carbonyl (C=O) groups excluding carboxylic acids is 5. The highest BCUT2D eigenvalue weighted by Gasteiger charge is 2.32. The molecule has 4 amide bonds. The van der Waals surface area contributed by atoms with Crippen molar-refractivity contribution < 1.29 is 33.4 Å². The zero-order chi connectivity index (χ0) is 43.4. The Hall–Kier alpha value is -6.96.